The van der Waals surface area contributed by atoms with E-state index in [9.17, 15) is 4.79 Å². The first kappa shape index (κ1) is 22.9. The van der Waals surface area contributed by atoms with Gasteiger partial charge in [-0.15, -0.1) is 0 Å². The molecule has 0 saturated carbocycles. The Labute approximate surface area is 185 Å². The molecule has 1 aliphatic rings. The van der Waals surface area contributed by atoms with Crippen molar-refractivity contribution in [3.63, 3.8) is 0 Å². The molecule has 0 spiro atoms. The van der Waals surface area contributed by atoms with Crippen LogP contribution in [0.25, 0.3) is 0 Å². The van der Waals surface area contributed by atoms with Gasteiger partial charge in [-0.05, 0) is 35.4 Å². The molecule has 3 rings (SSSR count). The summed E-state index contributed by atoms with van der Waals surface area (Å²) in [5, 5.41) is 0. The number of hydrogen-bond acceptors (Lipinski definition) is 4. The number of methoxy groups -OCH3 is 3. The second-order valence-corrected chi connectivity index (χ2v) is 8.26. The average Bonchev–Trinajstić information content (AvgIpc) is 3.17. The van der Waals surface area contributed by atoms with Crippen LogP contribution in [0.15, 0.2) is 42.5 Å². The lowest BCUT2D eigenvalue weighted by Gasteiger charge is -2.19. The maximum Gasteiger partial charge on any atom is 0.223 e. The van der Waals surface area contributed by atoms with Crippen molar-refractivity contribution in [2.24, 2.45) is 0 Å². The Hall–Kier alpha value is -2.73. The maximum atomic E-state index is 12.5. The van der Waals surface area contributed by atoms with E-state index >= 15 is 0 Å². The molecule has 1 aliphatic heterocycles. The van der Waals surface area contributed by atoms with Crippen LogP contribution in [-0.2, 0) is 11.2 Å². The number of amides is 1. The van der Waals surface area contributed by atoms with E-state index in [4.69, 9.17) is 14.2 Å². The van der Waals surface area contributed by atoms with Gasteiger partial charge in [-0.1, -0.05) is 18.2 Å². The number of benzene rings is 2. The molecule has 1 unspecified atom stereocenters. The summed E-state index contributed by atoms with van der Waals surface area (Å²) in [6.07, 6.45) is 2.60. The van der Waals surface area contributed by atoms with E-state index in [1.54, 1.807) is 21.3 Å². The van der Waals surface area contributed by atoms with E-state index < -0.39 is 0 Å². The molecule has 168 valence electrons. The van der Waals surface area contributed by atoms with Crippen molar-refractivity contribution in [2.45, 2.75) is 25.2 Å². The lowest BCUT2D eigenvalue weighted by atomic mass is 9.98. The van der Waals surface area contributed by atoms with Crippen molar-refractivity contribution in [1.82, 2.24) is 4.90 Å². The fourth-order valence-corrected chi connectivity index (χ4v) is 4.18. The fraction of sp³-hybridized carbons (Fsp3) is 0.480. The van der Waals surface area contributed by atoms with Crippen molar-refractivity contribution < 1.29 is 23.9 Å². The topological polar surface area (TPSA) is 52.4 Å². The molecule has 1 heterocycles. The quantitative estimate of drug-likeness (QED) is 0.597. The number of likely N-dealkylation sites (tertiary alicyclic amines) is 1. The SMILES string of the molecule is COc1ccc([C@H]2CC(=O)N(CCC[NH+](C)CCc3ccc(OC)c(OC)c3)C2)cc1. The highest BCUT2D eigenvalue weighted by atomic mass is 16.5. The average molecular weight is 428 g/mol. The van der Waals surface area contributed by atoms with Crippen LogP contribution in [-0.4, -0.2) is 65.4 Å². The minimum atomic E-state index is 0.267. The molecule has 1 fully saturated rings. The van der Waals surface area contributed by atoms with Crippen LogP contribution in [0, 0.1) is 0 Å². The molecule has 2 aromatic rings. The normalized spacial score (nSPS) is 17.0. The fourth-order valence-electron chi connectivity index (χ4n) is 4.18. The summed E-state index contributed by atoms with van der Waals surface area (Å²) in [4.78, 5) is 15.9. The zero-order valence-corrected chi connectivity index (χ0v) is 19.1. The summed E-state index contributed by atoms with van der Waals surface area (Å²) in [5.41, 5.74) is 2.46. The highest BCUT2D eigenvalue weighted by Crippen LogP contribution is 2.29. The molecule has 0 bridgehead atoms. The first-order valence-electron chi connectivity index (χ1n) is 11.0. The van der Waals surface area contributed by atoms with Gasteiger partial charge in [-0.25, -0.2) is 0 Å². The molecule has 1 saturated heterocycles. The number of rotatable bonds is 11. The van der Waals surface area contributed by atoms with Crippen molar-refractivity contribution in [2.75, 3.05) is 54.6 Å². The molecule has 31 heavy (non-hydrogen) atoms. The molecular formula is C25H35N2O4+. The van der Waals surface area contributed by atoms with Crippen molar-refractivity contribution in [3.8, 4) is 17.2 Å². The molecule has 0 radical (unpaired) electrons. The zero-order valence-electron chi connectivity index (χ0n) is 19.1. The van der Waals surface area contributed by atoms with Crippen LogP contribution in [0.3, 0.4) is 0 Å². The highest BCUT2D eigenvalue weighted by Gasteiger charge is 2.30. The molecule has 6 heteroatoms. The van der Waals surface area contributed by atoms with E-state index in [1.807, 2.05) is 29.2 Å². The third-order valence-corrected chi connectivity index (χ3v) is 6.12. The van der Waals surface area contributed by atoms with Crippen LogP contribution in [0.1, 0.15) is 29.9 Å². The molecule has 2 atom stereocenters. The number of nitrogens with one attached hydrogen (secondary N) is 1. The second-order valence-electron chi connectivity index (χ2n) is 8.26. The van der Waals surface area contributed by atoms with Gasteiger partial charge >= 0.3 is 0 Å². The summed E-state index contributed by atoms with van der Waals surface area (Å²) >= 11 is 0. The van der Waals surface area contributed by atoms with Crippen molar-refractivity contribution in [3.05, 3.63) is 53.6 Å². The third-order valence-electron chi connectivity index (χ3n) is 6.12. The zero-order chi connectivity index (χ0) is 22.2. The first-order chi connectivity index (χ1) is 15.0. The lowest BCUT2D eigenvalue weighted by molar-refractivity contribution is -0.879. The summed E-state index contributed by atoms with van der Waals surface area (Å²) in [5.74, 6) is 2.94. The number of carbonyl (C=O) groups is 1. The van der Waals surface area contributed by atoms with Gasteiger partial charge in [-0.2, -0.15) is 0 Å². The van der Waals surface area contributed by atoms with Crippen molar-refractivity contribution >= 4 is 5.91 Å². The number of carbonyl (C=O) groups excluding carboxylic acids is 1. The van der Waals surface area contributed by atoms with E-state index in [2.05, 4.69) is 25.2 Å². The molecule has 1 N–H and O–H groups in total. The summed E-state index contributed by atoms with van der Waals surface area (Å²) < 4.78 is 15.9. The van der Waals surface area contributed by atoms with Crippen molar-refractivity contribution in [1.29, 1.82) is 0 Å². The first-order valence-corrected chi connectivity index (χ1v) is 11.0. The van der Waals surface area contributed by atoms with Crippen LogP contribution >= 0.6 is 0 Å². The van der Waals surface area contributed by atoms with Gasteiger partial charge in [0.15, 0.2) is 11.5 Å². The van der Waals surface area contributed by atoms with E-state index in [0.29, 0.717) is 6.42 Å². The van der Waals surface area contributed by atoms with Crippen LogP contribution < -0.4 is 19.1 Å². The number of likely N-dealkylation sites (N-methyl/N-ethyl adjacent to an activating group) is 1. The van der Waals surface area contributed by atoms with E-state index in [1.165, 1.54) is 16.0 Å². The molecule has 2 aromatic carbocycles. The molecule has 1 amide bonds. The summed E-state index contributed by atoms with van der Waals surface area (Å²) in [6.45, 7) is 3.73. The maximum absolute atomic E-state index is 12.5. The predicted octanol–water partition coefficient (Wildman–Crippen LogP) is 2.18. The molecule has 0 aliphatic carbocycles. The number of nitrogens with zero attached hydrogens (tertiary/aromatic N) is 1. The second kappa shape index (κ2) is 11.0. The van der Waals surface area contributed by atoms with Gasteiger partial charge in [0.25, 0.3) is 0 Å². The lowest BCUT2D eigenvalue weighted by Crippen LogP contribution is -3.09. The van der Waals surface area contributed by atoms with E-state index in [0.717, 1.165) is 56.3 Å². The molecular weight excluding hydrogens is 392 g/mol. The van der Waals surface area contributed by atoms with Gasteiger partial charge in [0, 0.05) is 38.3 Å². The Morgan fingerprint density at radius 3 is 2.39 bits per heavy atom. The van der Waals surface area contributed by atoms with Crippen LogP contribution in [0.4, 0.5) is 0 Å². The molecule has 6 nitrogen and oxygen atoms in total. The van der Waals surface area contributed by atoms with Gasteiger partial charge in [0.2, 0.25) is 5.91 Å². The Morgan fingerprint density at radius 2 is 1.71 bits per heavy atom. The Kier molecular flexibility index (Phi) is 8.18. The Bertz CT molecular complexity index is 853. The third kappa shape index (κ3) is 6.14. The van der Waals surface area contributed by atoms with Gasteiger partial charge < -0.3 is 24.0 Å². The van der Waals surface area contributed by atoms with Gasteiger partial charge in [0.1, 0.15) is 5.75 Å². The largest absolute Gasteiger partial charge is 0.497 e. The van der Waals surface area contributed by atoms with Crippen LogP contribution in [0.5, 0.6) is 17.2 Å². The number of ether oxygens (including phenoxy) is 3. The monoisotopic (exact) mass is 427 g/mol. The Balaban J connectivity index is 1.41. The van der Waals surface area contributed by atoms with Gasteiger partial charge in [-0.3, -0.25) is 4.79 Å². The van der Waals surface area contributed by atoms with Gasteiger partial charge in [0.05, 0.1) is 41.5 Å². The number of hydrogen-bond donors (Lipinski definition) is 1. The smallest absolute Gasteiger partial charge is 0.223 e. The Morgan fingerprint density at radius 1 is 0.968 bits per heavy atom. The molecule has 0 aromatic heterocycles. The summed E-state index contributed by atoms with van der Waals surface area (Å²) in [7, 11) is 7.20. The summed E-state index contributed by atoms with van der Waals surface area (Å²) in [6, 6.07) is 14.2. The number of quaternary nitrogens is 1. The minimum absolute atomic E-state index is 0.267. The standard InChI is InChI=1S/C25H34N2O4/c1-26(15-12-19-6-11-23(30-3)24(16-19)31-4)13-5-14-27-18-21(17-25(27)28)20-7-9-22(29-2)10-8-20/h6-11,16,21H,5,12-15,17-18H2,1-4H3/p+1/t21-/m0/s1. The van der Waals surface area contributed by atoms with E-state index in [-0.39, 0.29) is 11.8 Å². The minimum Gasteiger partial charge on any atom is -0.497 e. The predicted molar refractivity (Wildman–Crippen MR) is 121 cm³/mol. The van der Waals surface area contributed by atoms with Crippen LogP contribution in [0.2, 0.25) is 0 Å². The highest BCUT2D eigenvalue weighted by molar-refractivity contribution is 5.79.